The monoisotopic (exact) mass is 239 g/mol. The molecule has 0 radical (unpaired) electrons. The molecule has 1 atom stereocenters. The summed E-state index contributed by atoms with van der Waals surface area (Å²) in [6, 6.07) is 0. The summed E-state index contributed by atoms with van der Waals surface area (Å²) in [6.07, 6.45) is 6.26. The maximum absolute atomic E-state index is 9.93. The topological polar surface area (TPSA) is 50.9 Å². The lowest BCUT2D eigenvalue weighted by atomic mass is 10.1. The lowest BCUT2D eigenvalue weighted by Crippen LogP contribution is -2.17. The third kappa shape index (κ3) is 5.31. The third-order valence-electron chi connectivity index (χ3n) is 2.79. The van der Waals surface area contributed by atoms with Gasteiger partial charge >= 0.3 is 0 Å². The summed E-state index contributed by atoms with van der Waals surface area (Å²) in [4.78, 5) is 4.23. The van der Waals surface area contributed by atoms with Gasteiger partial charge in [0.25, 0.3) is 0 Å². The van der Waals surface area contributed by atoms with Crippen LogP contribution in [0.25, 0.3) is 0 Å². The van der Waals surface area contributed by atoms with E-state index < -0.39 is 0 Å². The second-order valence-electron chi connectivity index (χ2n) is 5.11. The molecule has 0 saturated heterocycles. The standard InChI is InChI=1S/C13H25N3O/c1-4-5-6-7-12(17)8-13-14-10-15-16(13)9-11(2)3/h10-12,17H,4-9H2,1-3H3. The second kappa shape index (κ2) is 7.43. The molecule has 0 aliphatic heterocycles. The van der Waals surface area contributed by atoms with E-state index in [9.17, 15) is 5.11 Å². The number of hydrogen-bond acceptors (Lipinski definition) is 3. The van der Waals surface area contributed by atoms with E-state index in [-0.39, 0.29) is 6.10 Å². The first-order chi connectivity index (χ1) is 8.13. The molecule has 1 N–H and O–H groups in total. The van der Waals surface area contributed by atoms with Crippen LogP contribution in [-0.4, -0.2) is 26.0 Å². The highest BCUT2D eigenvalue weighted by Gasteiger charge is 2.11. The molecule has 0 bridgehead atoms. The zero-order valence-corrected chi connectivity index (χ0v) is 11.3. The van der Waals surface area contributed by atoms with Crippen molar-refractivity contribution in [2.75, 3.05) is 0 Å². The zero-order chi connectivity index (χ0) is 12.7. The molecule has 1 unspecified atom stereocenters. The summed E-state index contributed by atoms with van der Waals surface area (Å²) >= 11 is 0. The Morgan fingerprint density at radius 3 is 2.76 bits per heavy atom. The minimum atomic E-state index is -0.281. The SMILES string of the molecule is CCCCCC(O)Cc1ncnn1CC(C)C. The molecule has 17 heavy (non-hydrogen) atoms. The molecule has 1 rings (SSSR count). The van der Waals surface area contributed by atoms with Crippen molar-refractivity contribution in [3.63, 3.8) is 0 Å². The molecule has 1 heterocycles. The largest absolute Gasteiger partial charge is 0.393 e. The molecule has 0 saturated carbocycles. The highest BCUT2D eigenvalue weighted by atomic mass is 16.3. The van der Waals surface area contributed by atoms with Gasteiger partial charge in [-0.3, -0.25) is 0 Å². The van der Waals surface area contributed by atoms with Crippen molar-refractivity contribution < 1.29 is 5.11 Å². The smallest absolute Gasteiger partial charge is 0.138 e. The highest BCUT2D eigenvalue weighted by Crippen LogP contribution is 2.09. The van der Waals surface area contributed by atoms with Crippen LogP contribution >= 0.6 is 0 Å². The number of aromatic nitrogens is 3. The predicted molar refractivity (Wildman–Crippen MR) is 68.7 cm³/mol. The molecule has 98 valence electrons. The lowest BCUT2D eigenvalue weighted by Gasteiger charge is -2.12. The van der Waals surface area contributed by atoms with Gasteiger partial charge in [-0.05, 0) is 12.3 Å². The van der Waals surface area contributed by atoms with E-state index in [1.165, 1.54) is 12.8 Å². The maximum Gasteiger partial charge on any atom is 0.138 e. The average molecular weight is 239 g/mol. The van der Waals surface area contributed by atoms with Crippen molar-refractivity contribution in [3.05, 3.63) is 12.2 Å². The first-order valence-corrected chi connectivity index (χ1v) is 6.68. The molecular formula is C13H25N3O. The summed E-state index contributed by atoms with van der Waals surface area (Å²) in [7, 11) is 0. The van der Waals surface area contributed by atoms with E-state index in [2.05, 4.69) is 30.9 Å². The van der Waals surface area contributed by atoms with Crippen LogP contribution in [-0.2, 0) is 13.0 Å². The van der Waals surface area contributed by atoms with Crippen molar-refractivity contribution >= 4 is 0 Å². The lowest BCUT2D eigenvalue weighted by molar-refractivity contribution is 0.156. The molecule has 0 fully saturated rings. The number of nitrogens with zero attached hydrogens (tertiary/aromatic N) is 3. The van der Waals surface area contributed by atoms with E-state index in [0.29, 0.717) is 12.3 Å². The maximum atomic E-state index is 9.93. The number of aliphatic hydroxyl groups is 1. The van der Waals surface area contributed by atoms with Crippen LogP contribution in [0.3, 0.4) is 0 Å². The number of aliphatic hydroxyl groups excluding tert-OH is 1. The van der Waals surface area contributed by atoms with E-state index in [1.807, 2.05) is 4.68 Å². The summed E-state index contributed by atoms with van der Waals surface area (Å²) in [5, 5.41) is 14.1. The molecule has 0 amide bonds. The Balaban J connectivity index is 2.41. The number of hydrogen-bond donors (Lipinski definition) is 1. The van der Waals surface area contributed by atoms with Crippen molar-refractivity contribution in [3.8, 4) is 0 Å². The Morgan fingerprint density at radius 2 is 2.12 bits per heavy atom. The predicted octanol–water partition coefficient (Wildman–Crippen LogP) is 2.42. The van der Waals surface area contributed by atoms with Crippen molar-refractivity contribution in [1.29, 1.82) is 0 Å². The van der Waals surface area contributed by atoms with Crippen LogP contribution in [0.4, 0.5) is 0 Å². The Hall–Kier alpha value is -0.900. The van der Waals surface area contributed by atoms with Crippen LogP contribution < -0.4 is 0 Å². The number of rotatable bonds is 8. The minimum Gasteiger partial charge on any atom is -0.393 e. The Kier molecular flexibility index (Phi) is 6.19. The average Bonchev–Trinajstić information content (AvgIpc) is 2.65. The Labute approximate surface area is 104 Å². The van der Waals surface area contributed by atoms with Gasteiger partial charge in [-0.15, -0.1) is 0 Å². The molecule has 1 aromatic heterocycles. The van der Waals surface area contributed by atoms with Gasteiger partial charge < -0.3 is 5.11 Å². The minimum absolute atomic E-state index is 0.281. The van der Waals surface area contributed by atoms with Crippen LogP contribution in [0, 0.1) is 5.92 Å². The summed E-state index contributed by atoms with van der Waals surface area (Å²) in [5.41, 5.74) is 0. The molecule has 4 heteroatoms. The fourth-order valence-corrected chi connectivity index (χ4v) is 1.89. The molecule has 1 aromatic rings. The fourth-order valence-electron chi connectivity index (χ4n) is 1.89. The normalized spacial score (nSPS) is 13.2. The van der Waals surface area contributed by atoms with Crippen LogP contribution in [0.5, 0.6) is 0 Å². The van der Waals surface area contributed by atoms with Crippen LogP contribution in [0.2, 0.25) is 0 Å². The van der Waals surface area contributed by atoms with E-state index in [4.69, 9.17) is 0 Å². The van der Waals surface area contributed by atoms with Gasteiger partial charge in [0.2, 0.25) is 0 Å². The molecule has 0 spiro atoms. The van der Waals surface area contributed by atoms with Crippen molar-refractivity contribution in [1.82, 2.24) is 14.8 Å². The Bertz CT molecular complexity index is 309. The quantitative estimate of drug-likeness (QED) is 0.709. The van der Waals surface area contributed by atoms with Gasteiger partial charge in [-0.1, -0.05) is 40.0 Å². The third-order valence-corrected chi connectivity index (χ3v) is 2.79. The van der Waals surface area contributed by atoms with Gasteiger partial charge in [0.1, 0.15) is 12.2 Å². The van der Waals surface area contributed by atoms with Gasteiger partial charge in [0.05, 0.1) is 6.10 Å². The van der Waals surface area contributed by atoms with Gasteiger partial charge in [0.15, 0.2) is 0 Å². The second-order valence-corrected chi connectivity index (χ2v) is 5.11. The molecule has 0 aliphatic carbocycles. The van der Waals surface area contributed by atoms with Gasteiger partial charge in [0, 0.05) is 13.0 Å². The number of unbranched alkanes of at least 4 members (excludes halogenated alkanes) is 2. The van der Waals surface area contributed by atoms with Crippen molar-refractivity contribution in [2.24, 2.45) is 5.92 Å². The summed E-state index contributed by atoms with van der Waals surface area (Å²) < 4.78 is 1.91. The van der Waals surface area contributed by atoms with Crippen LogP contribution in [0.1, 0.15) is 52.3 Å². The molecule has 0 aromatic carbocycles. The molecule has 4 nitrogen and oxygen atoms in total. The first-order valence-electron chi connectivity index (χ1n) is 6.68. The Morgan fingerprint density at radius 1 is 1.35 bits per heavy atom. The fraction of sp³-hybridized carbons (Fsp3) is 0.846. The molecule has 0 aliphatic rings. The van der Waals surface area contributed by atoms with E-state index in [0.717, 1.165) is 25.2 Å². The molecular weight excluding hydrogens is 214 g/mol. The van der Waals surface area contributed by atoms with E-state index in [1.54, 1.807) is 6.33 Å². The summed E-state index contributed by atoms with van der Waals surface area (Å²) in [6.45, 7) is 7.36. The van der Waals surface area contributed by atoms with E-state index >= 15 is 0 Å². The summed E-state index contributed by atoms with van der Waals surface area (Å²) in [5.74, 6) is 1.45. The van der Waals surface area contributed by atoms with Gasteiger partial charge in [-0.2, -0.15) is 5.10 Å². The first kappa shape index (κ1) is 14.2. The van der Waals surface area contributed by atoms with Crippen LogP contribution in [0.15, 0.2) is 6.33 Å². The van der Waals surface area contributed by atoms with Crippen molar-refractivity contribution in [2.45, 2.75) is 65.5 Å². The highest BCUT2D eigenvalue weighted by molar-refractivity contribution is 4.87. The van der Waals surface area contributed by atoms with Gasteiger partial charge in [-0.25, -0.2) is 9.67 Å². The zero-order valence-electron chi connectivity index (χ0n) is 11.3.